The van der Waals surface area contributed by atoms with Crippen molar-refractivity contribution in [2.24, 2.45) is 0 Å². The highest BCUT2D eigenvalue weighted by molar-refractivity contribution is 6.31. The maximum Gasteiger partial charge on any atom is 0.0727 e. The molecule has 1 aliphatic rings. The normalized spacial score (nSPS) is 13.6. The van der Waals surface area contributed by atoms with E-state index in [2.05, 4.69) is 48.2 Å². The van der Waals surface area contributed by atoms with Crippen LogP contribution < -0.4 is 4.90 Å². The van der Waals surface area contributed by atoms with Gasteiger partial charge in [-0.1, -0.05) is 41.9 Å². The first-order valence-corrected chi connectivity index (χ1v) is 8.48. The molecule has 4 rings (SSSR count). The third kappa shape index (κ3) is 2.68. The molecule has 0 saturated heterocycles. The van der Waals surface area contributed by atoms with Gasteiger partial charge in [0.2, 0.25) is 0 Å². The Morgan fingerprint density at radius 3 is 2.78 bits per heavy atom. The molecule has 0 bridgehead atoms. The molecule has 2 heterocycles. The molecule has 1 aliphatic heterocycles. The summed E-state index contributed by atoms with van der Waals surface area (Å²) >= 11 is 6.23. The molecule has 0 saturated carbocycles. The van der Waals surface area contributed by atoms with E-state index in [9.17, 15) is 0 Å². The van der Waals surface area contributed by atoms with Gasteiger partial charge in [0, 0.05) is 29.2 Å². The molecule has 3 aromatic rings. The molecule has 0 aliphatic carbocycles. The first-order chi connectivity index (χ1) is 11.2. The molecule has 0 N–H and O–H groups in total. The van der Waals surface area contributed by atoms with E-state index in [-0.39, 0.29) is 0 Å². The summed E-state index contributed by atoms with van der Waals surface area (Å²) in [7, 11) is 0. The van der Waals surface area contributed by atoms with Gasteiger partial charge < -0.3 is 4.90 Å². The van der Waals surface area contributed by atoms with Gasteiger partial charge in [0.05, 0.1) is 11.2 Å². The van der Waals surface area contributed by atoms with Gasteiger partial charge >= 0.3 is 0 Å². The minimum absolute atomic E-state index is 0.778. The van der Waals surface area contributed by atoms with Gasteiger partial charge in [-0.2, -0.15) is 0 Å². The van der Waals surface area contributed by atoms with E-state index in [0.717, 1.165) is 42.2 Å². The predicted molar refractivity (Wildman–Crippen MR) is 97.6 cm³/mol. The van der Waals surface area contributed by atoms with Gasteiger partial charge in [0.15, 0.2) is 0 Å². The highest BCUT2D eigenvalue weighted by Crippen LogP contribution is 2.37. The van der Waals surface area contributed by atoms with E-state index >= 15 is 0 Å². The Bertz CT molecular complexity index is 858. The molecule has 116 valence electrons. The van der Waals surface area contributed by atoms with Gasteiger partial charge in [-0.25, -0.2) is 0 Å². The van der Waals surface area contributed by atoms with Crippen molar-refractivity contribution in [1.29, 1.82) is 0 Å². The minimum Gasteiger partial charge on any atom is -0.370 e. The third-order valence-electron chi connectivity index (χ3n) is 4.69. The van der Waals surface area contributed by atoms with Crippen LogP contribution >= 0.6 is 11.6 Å². The van der Waals surface area contributed by atoms with Crippen molar-refractivity contribution in [3.05, 3.63) is 70.4 Å². The van der Waals surface area contributed by atoms with Crippen LogP contribution in [0.4, 0.5) is 5.69 Å². The first kappa shape index (κ1) is 14.5. The van der Waals surface area contributed by atoms with Crippen molar-refractivity contribution in [3.8, 4) is 0 Å². The standard InChI is InChI=1S/C20H19ClN2/c1-14-17-10-12-23(11-9-15-5-3-2-4-6-15)20(17)18-13-16(21)7-8-19(18)22-14/h2-8,13H,9-12H2,1H3. The third-order valence-corrected chi connectivity index (χ3v) is 4.92. The van der Waals surface area contributed by atoms with Crippen LogP contribution in [0.2, 0.25) is 5.02 Å². The Morgan fingerprint density at radius 2 is 1.96 bits per heavy atom. The Hall–Kier alpha value is -2.06. The van der Waals surface area contributed by atoms with Crippen LogP contribution in [0.3, 0.4) is 0 Å². The first-order valence-electron chi connectivity index (χ1n) is 8.10. The average Bonchev–Trinajstić information content (AvgIpc) is 3.00. The monoisotopic (exact) mass is 322 g/mol. The maximum atomic E-state index is 6.23. The van der Waals surface area contributed by atoms with Crippen molar-refractivity contribution in [2.45, 2.75) is 19.8 Å². The molecule has 3 heteroatoms. The number of hydrogen-bond donors (Lipinski definition) is 0. The summed E-state index contributed by atoms with van der Waals surface area (Å²) in [6.07, 6.45) is 2.13. The molecule has 0 spiro atoms. The second-order valence-corrected chi connectivity index (χ2v) is 6.59. The number of anilines is 1. The summed E-state index contributed by atoms with van der Waals surface area (Å²) in [5.41, 5.74) is 6.29. The summed E-state index contributed by atoms with van der Waals surface area (Å²) in [5, 5.41) is 1.96. The number of fused-ring (bicyclic) bond motifs is 3. The average molecular weight is 323 g/mol. The van der Waals surface area contributed by atoms with Crippen molar-refractivity contribution in [2.75, 3.05) is 18.0 Å². The molecule has 1 aromatic heterocycles. The van der Waals surface area contributed by atoms with Crippen molar-refractivity contribution in [1.82, 2.24) is 4.98 Å². The highest BCUT2D eigenvalue weighted by atomic mass is 35.5. The molecule has 0 atom stereocenters. The summed E-state index contributed by atoms with van der Waals surface area (Å²) < 4.78 is 0. The van der Waals surface area contributed by atoms with Crippen LogP contribution in [0.15, 0.2) is 48.5 Å². The van der Waals surface area contributed by atoms with E-state index in [1.165, 1.54) is 22.2 Å². The number of benzene rings is 2. The van der Waals surface area contributed by atoms with Crippen LogP contribution in [-0.4, -0.2) is 18.1 Å². The van der Waals surface area contributed by atoms with Crippen LogP contribution in [0.1, 0.15) is 16.8 Å². The van der Waals surface area contributed by atoms with E-state index in [0.29, 0.717) is 0 Å². The fourth-order valence-electron chi connectivity index (χ4n) is 3.53. The number of pyridine rings is 1. The Kier molecular flexibility index (Phi) is 3.70. The van der Waals surface area contributed by atoms with Crippen LogP contribution in [0.25, 0.3) is 10.9 Å². The molecule has 0 unspecified atom stereocenters. The summed E-state index contributed by atoms with van der Waals surface area (Å²) in [6.45, 7) is 4.21. The summed E-state index contributed by atoms with van der Waals surface area (Å²) in [6, 6.07) is 16.7. The minimum atomic E-state index is 0.778. The predicted octanol–water partition coefficient (Wildman–Crippen LogP) is 4.80. The summed E-state index contributed by atoms with van der Waals surface area (Å²) in [5.74, 6) is 0. The maximum absolute atomic E-state index is 6.23. The molecule has 2 nitrogen and oxygen atoms in total. The van der Waals surface area contributed by atoms with Gasteiger partial charge in [-0.3, -0.25) is 4.98 Å². The Morgan fingerprint density at radius 1 is 1.13 bits per heavy atom. The highest BCUT2D eigenvalue weighted by Gasteiger charge is 2.24. The number of aryl methyl sites for hydroxylation is 1. The Labute approximate surface area is 141 Å². The van der Waals surface area contributed by atoms with E-state index < -0.39 is 0 Å². The van der Waals surface area contributed by atoms with Gasteiger partial charge in [0.25, 0.3) is 0 Å². The molecular weight excluding hydrogens is 304 g/mol. The summed E-state index contributed by atoms with van der Waals surface area (Å²) in [4.78, 5) is 7.25. The molecule has 0 radical (unpaired) electrons. The smallest absolute Gasteiger partial charge is 0.0727 e. The lowest BCUT2D eigenvalue weighted by Gasteiger charge is -2.21. The number of nitrogens with zero attached hydrogens (tertiary/aromatic N) is 2. The molecule has 0 fully saturated rings. The molecule has 0 amide bonds. The molecule has 2 aromatic carbocycles. The van der Waals surface area contributed by atoms with Crippen molar-refractivity contribution >= 4 is 28.2 Å². The van der Waals surface area contributed by atoms with Crippen LogP contribution in [0, 0.1) is 6.92 Å². The fraction of sp³-hybridized carbons (Fsp3) is 0.250. The largest absolute Gasteiger partial charge is 0.370 e. The zero-order valence-corrected chi connectivity index (χ0v) is 14.0. The van der Waals surface area contributed by atoms with Gasteiger partial charge in [-0.05, 0) is 49.1 Å². The quantitative estimate of drug-likeness (QED) is 0.688. The SMILES string of the molecule is Cc1nc2ccc(Cl)cc2c2c1CCN2CCc1ccccc1. The van der Waals surface area contributed by atoms with Gasteiger partial charge in [0.1, 0.15) is 0 Å². The van der Waals surface area contributed by atoms with Crippen LogP contribution in [-0.2, 0) is 12.8 Å². The zero-order valence-electron chi connectivity index (χ0n) is 13.2. The van der Waals surface area contributed by atoms with E-state index in [4.69, 9.17) is 16.6 Å². The lowest BCUT2D eigenvalue weighted by Crippen LogP contribution is -2.23. The van der Waals surface area contributed by atoms with Crippen molar-refractivity contribution in [3.63, 3.8) is 0 Å². The fourth-order valence-corrected chi connectivity index (χ4v) is 3.70. The van der Waals surface area contributed by atoms with E-state index in [1.807, 2.05) is 12.1 Å². The Balaban J connectivity index is 1.72. The van der Waals surface area contributed by atoms with Crippen LogP contribution in [0.5, 0.6) is 0 Å². The number of halogens is 1. The van der Waals surface area contributed by atoms with E-state index in [1.54, 1.807) is 0 Å². The molecular formula is C20H19ClN2. The topological polar surface area (TPSA) is 16.1 Å². The van der Waals surface area contributed by atoms with Crippen molar-refractivity contribution < 1.29 is 0 Å². The van der Waals surface area contributed by atoms with Gasteiger partial charge in [-0.15, -0.1) is 0 Å². The number of rotatable bonds is 3. The second-order valence-electron chi connectivity index (χ2n) is 6.16. The zero-order chi connectivity index (χ0) is 15.8. The second kappa shape index (κ2) is 5.86. The number of aromatic nitrogens is 1. The molecule has 23 heavy (non-hydrogen) atoms. The number of hydrogen-bond acceptors (Lipinski definition) is 2. The lowest BCUT2D eigenvalue weighted by molar-refractivity contribution is 0.814. The lowest BCUT2D eigenvalue weighted by atomic mass is 10.1.